The van der Waals surface area contributed by atoms with Gasteiger partial charge < -0.3 is 9.94 Å². The molecule has 48 valence electrons. The number of hydroxylamine groups is 2. The number of nitrogens with zero attached hydrogens (tertiary/aromatic N) is 1. The fraction of sp³-hybridized carbons (Fsp3) is 1.00. The summed E-state index contributed by atoms with van der Waals surface area (Å²) in [7, 11) is 0. The summed E-state index contributed by atoms with van der Waals surface area (Å²) in [5, 5.41) is 8.69. The summed E-state index contributed by atoms with van der Waals surface area (Å²) in [6.45, 7) is 5.11. The Bertz CT molecular complexity index is 92.4. The molecule has 3 nitrogen and oxygen atoms in total. The Labute approximate surface area is 48.8 Å². The van der Waals surface area contributed by atoms with Crippen LogP contribution < -0.4 is 0 Å². The number of hydrogen-bond donors (Lipinski definition) is 0. The van der Waals surface area contributed by atoms with Gasteiger partial charge in [0.1, 0.15) is 5.54 Å². The third-order valence-corrected chi connectivity index (χ3v) is 1.41. The summed E-state index contributed by atoms with van der Waals surface area (Å²) in [6.07, 6.45) is 0. The van der Waals surface area contributed by atoms with Crippen LogP contribution >= 0.6 is 0 Å². The van der Waals surface area contributed by atoms with Crippen molar-refractivity contribution < 1.29 is 9.94 Å². The van der Waals surface area contributed by atoms with E-state index in [9.17, 15) is 0 Å². The van der Waals surface area contributed by atoms with E-state index in [0.29, 0.717) is 13.3 Å². The molecule has 0 aliphatic carbocycles. The van der Waals surface area contributed by atoms with Gasteiger partial charge in [-0.2, -0.15) is 0 Å². The average Bonchev–Trinajstić information content (AvgIpc) is 1.86. The number of rotatable bonds is 0. The van der Waals surface area contributed by atoms with Crippen LogP contribution in [0.3, 0.4) is 0 Å². The molecule has 0 amide bonds. The number of ether oxygens (including phenoxy) is 1. The van der Waals surface area contributed by atoms with Crippen LogP contribution in [0.4, 0.5) is 0 Å². The van der Waals surface area contributed by atoms with Crippen molar-refractivity contribution in [3.05, 3.63) is 0 Å². The Balaban J connectivity index is 2.54. The summed E-state index contributed by atoms with van der Waals surface area (Å²) < 4.78 is 5.01. The molecule has 1 rings (SSSR count). The highest BCUT2D eigenvalue weighted by atomic mass is 16.6. The van der Waals surface area contributed by atoms with Gasteiger partial charge in [0.25, 0.3) is 0 Å². The SMILES string of the molecule is CC1(C)COCN1[OH2+]. The zero-order valence-electron chi connectivity index (χ0n) is 5.27. The molecule has 3 heteroatoms. The first-order valence-electron chi connectivity index (χ1n) is 2.69. The fourth-order valence-electron chi connectivity index (χ4n) is 0.639. The van der Waals surface area contributed by atoms with Crippen LogP contribution in [0, 0.1) is 0 Å². The van der Waals surface area contributed by atoms with Gasteiger partial charge in [-0.05, 0) is 18.9 Å². The smallest absolute Gasteiger partial charge is 0.165 e. The van der Waals surface area contributed by atoms with Crippen molar-refractivity contribution in [2.75, 3.05) is 13.3 Å². The second-order valence-electron chi connectivity index (χ2n) is 2.72. The van der Waals surface area contributed by atoms with Gasteiger partial charge in [0, 0.05) is 0 Å². The van der Waals surface area contributed by atoms with Gasteiger partial charge in [-0.3, -0.25) is 0 Å². The predicted octanol–water partition coefficient (Wildman–Crippen LogP) is -0.306. The molecule has 0 aromatic heterocycles. The fourth-order valence-corrected chi connectivity index (χ4v) is 0.639. The summed E-state index contributed by atoms with van der Waals surface area (Å²) in [5.74, 6) is 0. The largest absolute Gasteiger partial charge is 0.357 e. The number of hydrogen-bond acceptors (Lipinski definition) is 2. The van der Waals surface area contributed by atoms with Crippen LogP contribution in [-0.2, 0) is 4.74 Å². The van der Waals surface area contributed by atoms with Crippen molar-refractivity contribution in [1.29, 1.82) is 0 Å². The second-order valence-corrected chi connectivity index (χ2v) is 2.72. The van der Waals surface area contributed by atoms with E-state index in [-0.39, 0.29) is 5.54 Å². The lowest BCUT2D eigenvalue weighted by Crippen LogP contribution is -2.37. The molecule has 0 spiro atoms. The maximum Gasteiger partial charge on any atom is 0.165 e. The highest BCUT2D eigenvalue weighted by Crippen LogP contribution is 2.17. The van der Waals surface area contributed by atoms with Crippen molar-refractivity contribution >= 4 is 0 Å². The van der Waals surface area contributed by atoms with Crippen molar-refractivity contribution in [3.8, 4) is 0 Å². The molecule has 0 saturated carbocycles. The quantitative estimate of drug-likeness (QED) is 0.409. The summed E-state index contributed by atoms with van der Waals surface area (Å²) in [5.41, 5.74) is -0.0694. The van der Waals surface area contributed by atoms with Gasteiger partial charge in [-0.15, -0.1) is 0 Å². The van der Waals surface area contributed by atoms with Crippen LogP contribution in [0.5, 0.6) is 0 Å². The van der Waals surface area contributed by atoms with E-state index in [2.05, 4.69) is 0 Å². The molecule has 1 heterocycles. The Kier molecular flexibility index (Phi) is 1.27. The standard InChI is InChI=1S/C5H11NO2/c1-5(2)3-8-4-6(5)7/h7H,3-4H2,1-2H3/p+1. The first-order chi connectivity index (χ1) is 3.63. The molecule has 0 radical (unpaired) electrons. The molecule has 0 unspecified atom stereocenters. The van der Waals surface area contributed by atoms with E-state index in [4.69, 9.17) is 9.94 Å². The Hall–Kier alpha value is -0.120. The molecule has 0 atom stereocenters. The van der Waals surface area contributed by atoms with Gasteiger partial charge in [0.05, 0.1) is 6.61 Å². The Morgan fingerprint density at radius 2 is 2.25 bits per heavy atom. The Morgan fingerprint density at radius 3 is 2.38 bits per heavy atom. The van der Waals surface area contributed by atoms with Crippen LogP contribution in [-0.4, -0.2) is 29.1 Å². The summed E-state index contributed by atoms with van der Waals surface area (Å²) in [6, 6.07) is 0. The van der Waals surface area contributed by atoms with Crippen LogP contribution in [0.15, 0.2) is 0 Å². The van der Waals surface area contributed by atoms with Crippen LogP contribution in [0.1, 0.15) is 13.8 Å². The second kappa shape index (κ2) is 1.69. The average molecular weight is 118 g/mol. The third-order valence-electron chi connectivity index (χ3n) is 1.41. The van der Waals surface area contributed by atoms with E-state index in [1.54, 1.807) is 0 Å². The zero-order chi connectivity index (χ0) is 6.20. The van der Waals surface area contributed by atoms with Crippen molar-refractivity contribution in [3.63, 3.8) is 0 Å². The lowest BCUT2D eigenvalue weighted by atomic mass is 10.1. The minimum atomic E-state index is -0.0694. The van der Waals surface area contributed by atoms with E-state index in [0.717, 1.165) is 0 Å². The highest BCUT2D eigenvalue weighted by molar-refractivity contribution is 4.77. The lowest BCUT2D eigenvalue weighted by Gasteiger charge is -2.16. The normalized spacial score (nSPS) is 28.9. The van der Waals surface area contributed by atoms with E-state index < -0.39 is 0 Å². The molecule has 0 aromatic rings. The van der Waals surface area contributed by atoms with Crippen LogP contribution in [0.25, 0.3) is 0 Å². The monoisotopic (exact) mass is 118 g/mol. The Morgan fingerprint density at radius 1 is 1.62 bits per heavy atom. The van der Waals surface area contributed by atoms with Gasteiger partial charge in [0.2, 0.25) is 0 Å². The maximum absolute atomic E-state index is 7.24. The zero-order valence-corrected chi connectivity index (χ0v) is 5.27. The molecular formula is C5H12NO2+. The predicted molar refractivity (Wildman–Crippen MR) is 30.4 cm³/mol. The van der Waals surface area contributed by atoms with Gasteiger partial charge in [-0.1, -0.05) is 0 Å². The van der Waals surface area contributed by atoms with Crippen molar-refractivity contribution in [2.45, 2.75) is 19.4 Å². The first kappa shape index (κ1) is 6.01. The molecule has 1 saturated heterocycles. The molecule has 1 aliphatic heterocycles. The molecule has 0 bridgehead atoms. The van der Waals surface area contributed by atoms with E-state index in [1.807, 2.05) is 13.8 Å². The third kappa shape index (κ3) is 0.844. The van der Waals surface area contributed by atoms with Crippen molar-refractivity contribution in [2.24, 2.45) is 0 Å². The van der Waals surface area contributed by atoms with E-state index >= 15 is 0 Å². The van der Waals surface area contributed by atoms with E-state index in [1.165, 1.54) is 5.06 Å². The molecule has 8 heavy (non-hydrogen) atoms. The molecule has 1 aliphatic rings. The summed E-state index contributed by atoms with van der Waals surface area (Å²) in [4.78, 5) is 0. The summed E-state index contributed by atoms with van der Waals surface area (Å²) >= 11 is 0. The maximum atomic E-state index is 7.24. The molecular weight excluding hydrogens is 106 g/mol. The highest BCUT2D eigenvalue weighted by Gasteiger charge is 2.35. The topological polar surface area (TPSA) is 35.4 Å². The molecule has 0 aromatic carbocycles. The first-order valence-corrected chi connectivity index (χ1v) is 2.69. The molecule has 2 N–H and O–H groups in total. The van der Waals surface area contributed by atoms with Gasteiger partial charge >= 0.3 is 0 Å². The minimum Gasteiger partial charge on any atom is -0.357 e. The minimum absolute atomic E-state index is 0.0694. The van der Waals surface area contributed by atoms with Crippen molar-refractivity contribution in [1.82, 2.24) is 5.06 Å². The molecule has 1 fully saturated rings. The lowest BCUT2D eigenvalue weighted by molar-refractivity contribution is -0.146. The van der Waals surface area contributed by atoms with Gasteiger partial charge in [0.15, 0.2) is 6.73 Å². The van der Waals surface area contributed by atoms with Gasteiger partial charge in [-0.25, -0.2) is 0 Å². The van der Waals surface area contributed by atoms with Crippen LogP contribution in [0.2, 0.25) is 0 Å².